The molecule has 92 valence electrons. The lowest BCUT2D eigenvalue weighted by atomic mass is 10.1. The summed E-state index contributed by atoms with van der Waals surface area (Å²) in [7, 11) is 0. The van der Waals surface area contributed by atoms with E-state index in [1.807, 2.05) is 12.1 Å². The third kappa shape index (κ3) is 2.23. The van der Waals surface area contributed by atoms with Crippen LogP contribution in [0.3, 0.4) is 0 Å². The van der Waals surface area contributed by atoms with Gasteiger partial charge in [-0.2, -0.15) is 0 Å². The highest BCUT2D eigenvalue weighted by Crippen LogP contribution is 2.32. The molecule has 4 heteroatoms. The Bertz CT molecular complexity index is 402. The lowest BCUT2D eigenvalue weighted by Crippen LogP contribution is -2.47. The van der Waals surface area contributed by atoms with Gasteiger partial charge in [0.25, 0.3) is 0 Å². The van der Waals surface area contributed by atoms with Crippen LogP contribution >= 0.6 is 0 Å². The number of benzene rings is 1. The number of nitrogens with zero attached hydrogens (tertiary/aromatic N) is 1. The Labute approximate surface area is 102 Å². The normalized spacial score (nSPS) is 24.4. The number of aromatic hydroxyl groups is 1. The first-order valence-electron chi connectivity index (χ1n) is 6.33. The molecular formula is C13H19N3O. The molecular weight excluding hydrogens is 214 g/mol. The third-order valence-electron chi connectivity index (χ3n) is 3.65. The number of hydrogen-bond acceptors (Lipinski definition) is 4. The van der Waals surface area contributed by atoms with Crippen LogP contribution in [0.25, 0.3) is 0 Å². The zero-order valence-corrected chi connectivity index (χ0v) is 9.95. The Morgan fingerprint density at radius 2 is 2.12 bits per heavy atom. The van der Waals surface area contributed by atoms with E-state index in [9.17, 15) is 5.11 Å². The molecule has 0 amide bonds. The smallest absolute Gasteiger partial charge is 0.120 e. The molecule has 2 aliphatic rings. The third-order valence-corrected chi connectivity index (χ3v) is 3.65. The zero-order chi connectivity index (χ0) is 11.7. The Hall–Kier alpha value is -1.26. The molecule has 0 aliphatic carbocycles. The van der Waals surface area contributed by atoms with Gasteiger partial charge in [-0.25, -0.2) is 0 Å². The second kappa shape index (κ2) is 4.55. The quantitative estimate of drug-likeness (QED) is 0.701. The molecule has 2 aliphatic heterocycles. The molecule has 1 atom stereocenters. The van der Waals surface area contributed by atoms with Crippen LogP contribution < -0.4 is 10.6 Å². The van der Waals surface area contributed by atoms with Crippen molar-refractivity contribution in [3.63, 3.8) is 0 Å². The highest BCUT2D eigenvalue weighted by molar-refractivity contribution is 5.61. The van der Waals surface area contributed by atoms with Gasteiger partial charge >= 0.3 is 0 Å². The molecule has 1 saturated heterocycles. The van der Waals surface area contributed by atoms with Crippen LogP contribution in [0.5, 0.6) is 5.75 Å². The molecule has 1 aromatic rings. The standard InChI is InChI=1S/C13H19N3O/c17-13-3-1-2-12-11(13)8-10(15-12)9-16-6-4-14-5-7-16/h1-3,10,14-15,17H,4-9H2. The van der Waals surface area contributed by atoms with Gasteiger partial charge in [-0.3, -0.25) is 4.90 Å². The molecule has 0 spiro atoms. The predicted octanol–water partition coefficient (Wildman–Crippen LogP) is 0.634. The van der Waals surface area contributed by atoms with E-state index >= 15 is 0 Å². The average molecular weight is 233 g/mol. The van der Waals surface area contributed by atoms with Crippen LogP contribution in [0.4, 0.5) is 5.69 Å². The lowest BCUT2D eigenvalue weighted by Gasteiger charge is -2.29. The van der Waals surface area contributed by atoms with Gasteiger partial charge < -0.3 is 15.7 Å². The van der Waals surface area contributed by atoms with Gasteiger partial charge in [0.1, 0.15) is 5.75 Å². The van der Waals surface area contributed by atoms with E-state index in [1.54, 1.807) is 6.07 Å². The maximum absolute atomic E-state index is 9.79. The molecule has 4 nitrogen and oxygen atoms in total. The van der Waals surface area contributed by atoms with Gasteiger partial charge in [0.05, 0.1) is 0 Å². The van der Waals surface area contributed by atoms with Gasteiger partial charge in [-0.05, 0) is 18.6 Å². The van der Waals surface area contributed by atoms with E-state index in [0.717, 1.165) is 50.4 Å². The molecule has 17 heavy (non-hydrogen) atoms. The van der Waals surface area contributed by atoms with Crippen molar-refractivity contribution in [2.24, 2.45) is 0 Å². The second-order valence-corrected chi connectivity index (χ2v) is 4.90. The van der Waals surface area contributed by atoms with Crippen LogP contribution in [-0.2, 0) is 6.42 Å². The first-order valence-corrected chi connectivity index (χ1v) is 6.33. The summed E-state index contributed by atoms with van der Waals surface area (Å²) in [5.41, 5.74) is 2.18. The minimum atomic E-state index is 0.429. The summed E-state index contributed by atoms with van der Waals surface area (Å²) in [6, 6.07) is 6.16. The molecule has 1 aromatic carbocycles. The Morgan fingerprint density at radius 3 is 2.88 bits per heavy atom. The van der Waals surface area contributed by atoms with E-state index < -0.39 is 0 Å². The predicted molar refractivity (Wildman–Crippen MR) is 68.5 cm³/mol. The van der Waals surface area contributed by atoms with Gasteiger partial charge in [-0.15, -0.1) is 0 Å². The topological polar surface area (TPSA) is 47.5 Å². The van der Waals surface area contributed by atoms with Crippen molar-refractivity contribution < 1.29 is 5.11 Å². The number of rotatable bonds is 2. The molecule has 0 radical (unpaired) electrons. The molecule has 1 fully saturated rings. The molecule has 1 unspecified atom stereocenters. The van der Waals surface area contributed by atoms with Crippen LogP contribution in [0, 0.1) is 0 Å². The van der Waals surface area contributed by atoms with E-state index in [0.29, 0.717) is 11.8 Å². The van der Waals surface area contributed by atoms with Gasteiger partial charge in [0.15, 0.2) is 0 Å². The van der Waals surface area contributed by atoms with E-state index in [2.05, 4.69) is 15.5 Å². The Balaban J connectivity index is 1.63. The van der Waals surface area contributed by atoms with Gasteiger partial charge in [-0.1, -0.05) is 6.07 Å². The second-order valence-electron chi connectivity index (χ2n) is 4.90. The minimum absolute atomic E-state index is 0.429. The monoisotopic (exact) mass is 233 g/mol. The largest absolute Gasteiger partial charge is 0.508 e. The molecule has 0 saturated carbocycles. The summed E-state index contributed by atoms with van der Waals surface area (Å²) in [6.07, 6.45) is 0.936. The molecule has 0 bridgehead atoms. The highest BCUT2D eigenvalue weighted by atomic mass is 16.3. The summed E-state index contributed by atoms with van der Waals surface area (Å²) in [5, 5.41) is 16.7. The summed E-state index contributed by atoms with van der Waals surface area (Å²) in [4.78, 5) is 2.48. The van der Waals surface area contributed by atoms with Crippen LogP contribution in [0.1, 0.15) is 5.56 Å². The Morgan fingerprint density at radius 1 is 1.29 bits per heavy atom. The summed E-state index contributed by atoms with van der Waals surface area (Å²) in [6.45, 7) is 5.49. The van der Waals surface area contributed by atoms with Crippen molar-refractivity contribution in [1.82, 2.24) is 10.2 Å². The summed E-state index contributed by atoms with van der Waals surface area (Å²) < 4.78 is 0. The first kappa shape index (κ1) is 10.9. The van der Waals surface area contributed by atoms with Crippen molar-refractivity contribution >= 4 is 5.69 Å². The van der Waals surface area contributed by atoms with Crippen molar-refractivity contribution in [3.05, 3.63) is 23.8 Å². The number of fused-ring (bicyclic) bond motifs is 1. The zero-order valence-electron chi connectivity index (χ0n) is 9.95. The maximum Gasteiger partial charge on any atom is 0.120 e. The summed E-state index contributed by atoms with van der Waals surface area (Å²) in [5.74, 6) is 0.429. The maximum atomic E-state index is 9.79. The molecule has 2 heterocycles. The molecule has 0 aromatic heterocycles. The number of phenolic OH excluding ortho intramolecular Hbond substituents is 1. The fourth-order valence-electron chi connectivity index (χ4n) is 2.76. The van der Waals surface area contributed by atoms with Crippen molar-refractivity contribution in [3.8, 4) is 5.75 Å². The fourth-order valence-corrected chi connectivity index (χ4v) is 2.76. The SMILES string of the molecule is Oc1cccc2c1CC(CN1CCNCC1)N2. The van der Waals surface area contributed by atoms with E-state index in [1.165, 1.54) is 0 Å². The minimum Gasteiger partial charge on any atom is -0.508 e. The summed E-state index contributed by atoms with van der Waals surface area (Å²) >= 11 is 0. The number of hydrogen-bond donors (Lipinski definition) is 3. The van der Waals surface area contributed by atoms with Crippen LogP contribution in [0.15, 0.2) is 18.2 Å². The number of piperazine rings is 1. The Kier molecular flexibility index (Phi) is 2.91. The molecule has 3 N–H and O–H groups in total. The first-order chi connectivity index (χ1) is 8.33. The van der Waals surface area contributed by atoms with Crippen molar-refractivity contribution in [2.75, 3.05) is 38.0 Å². The highest BCUT2D eigenvalue weighted by Gasteiger charge is 2.25. The average Bonchev–Trinajstić information content (AvgIpc) is 2.74. The van der Waals surface area contributed by atoms with E-state index in [-0.39, 0.29) is 0 Å². The lowest BCUT2D eigenvalue weighted by molar-refractivity contribution is 0.232. The van der Waals surface area contributed by atoms with Gasteiger partial charge in [0, 0.05) is 50.0 Å². The van der Waals surface area contributed by atoms with E-state index in [4.69, 9.17) is 0 Å². The van der Waals surface area contributed by atoms with Crippen molar-refractivity contribution in [2.45, 2.75) is 12.5 Å². The number of anilines is 1. The van der Waals surface area contributed by atoms with Crippen LogP contribution in [-0.4, -0.2) is 48.8 Å². The fraction of sp³-hybridized carbons (Fsp3) is 0.538. The van der Waals surface area contributed by atoms with Crippen LogP contribution in [0.2, 0.25) is 0 Å². The molecule has 3 rings (SSSR count). The number of nitrogens with one attached hydrogen (secondary N) is 2. The van der Waals surface area contributed by atoms with Crippen molar-refractivity contribution in [1.29, 1.82) is 0 Å². The number of phenols is 1. The van der Waals surface area contributed by atoms with Gasteiger partial charge in [0.2, 0.25) is 0 Å².